The van der Waals surface area contributed by atoms with Gasteiger partial charge in [-0.2, -0.15) is 5.10 Å². The fourth-order valence-electron chi connectivity index (χ4n) is 2.50. The number of ether oxygens (including phenoxy) is 1. The summed E-state index contributed by atoms with van der Waals surface area (Å²) < 4.78 is 7.46. The van der Waals surface area contributed by atoms with E-state index in [1.54, 1.807) is 36.0 Å². The van der Waals surface area contributed by atoms with Crippen LogP contribution in [0.1, 0.15) is 18.1 Å². The maximum Gasteiger partial charge on any atom is 0.266 e. The molecule has 0 radical (unpaired) electrons. The summed E-state index contributed by atoms with van der Waals surface area (Å²) >= 11 is 6.01. The molecule has 1 N–H and O–H groups in total. The van der Waals surface area contributed by atoms with Crippen LogP contribution in [0.4, 0.5) is 5.82 Å². The SMILES string of the molecule is Cc1cc(O[C@H](C)C(=O)Nc2ccnn2Cc2ccccc2)ccc1Cl. The summed E-state index contributed by atoms with van der Waals surface area (Å²) in [7, 11) is 0. The lowest BCUT2D eigenvalue weighted by molar-refractivity contribution is -0.122. The molecular weight excluding hydrogens is 350 g/mol. The molecule has 0 spiro atoms. The van der Waals surface area contributed by atoms with Crippen molar-refractivity contribution in [2.45, 2.75) is 26.5 Å². The van der Waals surface area contributed by atoms with Gasteiger partial charge in [-0.05, 0) is 43.2 Å². The van der Waals surface area contributed by atoms with Crippen LogP contribution in [-0.4, -0.2) is 21.8 Å². The van der Waals surface area contributed by atoms with Crippen molar-refractivity contribution < 1.29 is 9.53 Å². The molecule has 0 aliphatic carbocycles. The molecule has 1 amide bonds. The second kappa shape index (κ2) is 8.06. The first-order valence-corrected chi connectivity index (χ1v) is 8.70. The Morgan fingerprint density at radius 1 is 1.23 bits per heavy atom. The van der Waals surface area contributed by atoms with Crippen molar-refractivity contribution in [3.05, 3.63) is 76.9 Å². The van der Waals surface area contributed by atoms with Gasteiger partial charge in [-0.3, -0.25) is 4.79 Å². The van der Waals surface area contributed by atoms with Crippen molar-refractivity contribution in [1.29, 1.82) is 0 Å². The molecule has 6 heteroatoms. The van der Waals surface area contributed by atoms with Gasteiger partial charge >= 0.3 is 0 Å². The summed E-state index contributed by atoms with van der Waals surface area (Å²) in [6.07, 6.45) is 1.00. The number of rotatable bonds is 6. The molecule has 1 aromatic heterocycles. The van der Waals surface area contributed by atoms with Gasteiger partial charge in [-0.25, -0.2) is 4.68 Å². The van der Waals surface area contributed by atoms with E-state index in [4.69, 9.17) is 16.3 Å². The average molecular weight is 370 g/mol. The van der Waals surface area contributed by atoms with Crippen molar-refractivity contribution in [3.63, 3.8) is 0 Å². The molecule has 0 saturated heterocycles. The third-order valence-electron chi connectivity index (χ3n) is 3.95. The van der Waals surface area contributed by atoms with Crippen molar-refractivity contribution >= 4 is 23.3 Å². The molecule has 1 heterocycles. The number of benzene rings is 2. The number of carbonyl (C=O) groups excluding carboxylic acids is 1. The van der Waals surface area contributed by atoms with E-state index in [1.165, 1.54) is 0 Å². The van der Waals surface area contributed by atoms with Crippen molar-refractivity contribution in [2.75, 3.05) is 5.32 Å². The summed E-state index contributed by atoms with van der Waals surface area (Å²) in [5.41, 5.74) is 2.00. The molecule has 2 aromatic carbocycles. The zero-order chi connectivity index (χ0) is 18.5. The van der Waals surface area contributed by atoms with E-state index in [0.29, 0.717) is 23.1 Å². The Morgan fingerprint density at radius 3 is 2.73 bits per heavy atom. The number of nitrogens with zero attached hydrogens (tertiary/aromatic N) is 2. The van der Waals surface area contributed by atoms with Crippen LogP contribution >= 0.6 is 11.6 Å². The number of aromatic nitrogens is 2. The van der Waals surface area contributed by atoms with Gasteiger partial charge in [0, 0.05) is 11.1 Å². The number of anilines is 1. The largest absolute Gasteiger partial charge is 0.481 e. The number of hydrogen-bond donors (Lipinski definition) is 1. The van der Waals surface area contributed by atoms with E-state index in [0.717, 1.165) is 11.1 Å². The van der Waals surface area contributed by atoms with Gasteiger partial charge in [0.15, 0.2) is 6.10 Å². The van der Waals surface area contributed by atoms with Crippen LogP contribution in [0.2, 0.25) is 5.02 Å². The van der Waals surface area contributed by atoms with E-state index in [9.17, 15) is 4.79 Å². The van der Waals surface area contributed by atoms with Gasteiger partial charge in [0.05, 0.1) is 12.7 Å². The van der Waals surface area contributed by atoms with Crippen LogP contribution in [0.25, 0.3) is 0 Å². The Morgan fingerprint density at radius 2 is 2.00 bits per heavy atom. The van der Waals surface area contributed by atoms with Gasteiger partial charge < -0.3 is 10.1 Å². The average Bonchev–Trinajstić information content (AvgIpc) is 3.05. The van der Waals surface area contributed by atoms with Crippen LogP contribution in [0.5, 0.6) is 5.75 Å². The predicted molar refractivity (Wildman–Crippen MR) is 103 cm³/mol. The van der Waals surface area contributed by atoms with Gasteiger partial charge in [-0.1, -0.05) is 41.9 Å². The highest BCUT2D eigenvalue weighted by Crippen LogP contribution is 2.22. The highest BCUT2D eigenvalue weighted by molar-refractivity contribution is 6.31. The minimum Gasteiger partial charge on any atom is -0.481 e. The molecule has 134 valence electrons. The number of hydrogen-bond acceptors (Lipinski definition) is 3. The van der Waals surface area contributed by atoms with Crippen molar-refractivity contribution in [2.24, 2.45) is 0 Å². The van der Waals surface area contributed by atoms with Gasteiger partial charge in [0.2, 0.25) is 0 Å². The second-order valence-electron chi connectivity index (χ2n) is 6.02. The first kappa shape index (κ1) is 18.0. The number of aryl methyl sites for hydroxylation is 1. The maximum atomic E-state index is 12.5. The Bertz CT molecular complexity index is 893. The molecular formula is C20H20ClN3O2. The lowest BCUT2D eigenvalue weighted by Gasteiger charge is -2.16. The molecule has 0 aliphatic rings. The highest BCUT2D eigenvalue weighted by atomic mass is 35.5. The molecule has 3 rings (SSSR count). The molecule has 0 bridgehead atoms. The zero-order valence-electron chi connectivity index (χ0n) is 14.6. The number of amides is 1. The quantitative estimate of drug-likeness (QED) is 0.704. The molecule has 5 nitrogen and oxygen atoms in total. The van der Waals surface area contributed by atoms with Crippen LogP contribution in [0.3, 0.4) is 0 Å². The smallest absolute Gasteiger partial charge is 0.266 e. The Labute approximate surface area is 157 Å². The number of nitrogens with one attached hydrogen (secondary N) is 1. The van der Waals surface area contributed by atoms with Crippen molar-refractivity contribution in [3.8, 4) is 5.75 Å². The fraction of sp³-hybridized carbons (Fsp3) is 0.200. The molecule has 0 unspecified atom stereocenters. The molecule has 1 atom stereocenters. The summed E-state index contributed by atoms with van der Waals surface area (Å²) in [6.45, 7) is 4.17. The first-order chi connectivity index (χ1) is 12.5. The Hall–Kier alpha value is -2.79. The molecule has 3 aromatic rings. The summed E-state index contributed by atoms with van der Waals surface area (Å²) in [4.78, 5) is 12.5. The maximum absolute atomic E-state index is 12.5. The zero-order valence-corrected chi connectivity index (χ0v) is 15.4. The predicted octanol–water partition coefficient (Wildman–Crippen LogP) is 4.30. The van der Waals surface area contributed by atoms with E-state index in [2.05, 4.69) is 10.4 Å². The normalized spacial score (nSPS) is 11.8. The topological polar surface area (TPSA) is 56.1 Å². The van der Waals surface area contributed by atoms with E-state index in [1.807, 2.05) is 43.3 Å². The minimum atomic E-state index is -0.657. The van der Waals surface area contributed by atoms with Crippen molar-refractivity contribution in [1.82, 2.24) is 9.78 Å². The summed E-state index contributed by atoms with van der Waals surface area (Å²) in [5.74, 6) is 0.987. The Kier molecular flexibility index (Phi) is 5.58. The standard InChI is InChI=1S/C20H20ClN3O2/c1-14-12-17(8-9-18(14)21)26-15(2)20(25)23-19-10-11-22-24(19)13-16-6-4-3-5-7-16/h3-12,15H,13H2,1-2H3,(H,23,25)/t15-/m1/s1. The summed E-state index contributed by atoms with van der Waals surface area (Å²) in [5, 5.41) is 7.81. The van der Waals surface area contributed by atoms with E-state index < -0.39 is 6.10 Å². The molecule has 0 saturated carbocycles. The van der Waals surface area contributed by atoms with Gasteiger partial charge in [0.1, 0.15) is 11.6 Å². The third kappa shape index (κ3) is 4.43. The summed E-state index contributed by atoms with van der Waals surface area (Å²) in [6, 6.07) is 17.0. The number of carbonyl (C=O) groups is 1. The molecule has 0 aliphatic heterocycles. The van der Waals surface area contributed by atoms with Crippen LogP contribution in [-0.2, 0) is 11.3 Å². The highest BCUT2D eigenvalue weighted by Gasteiger charge is 2.17. The van der Waals surface area contributed by atoms with E-state index in [-0.39, 0.29) is 5.91 Å². The van der Waals surface area contributed by atoms with Gasteiger partial charge in [-0.15, -0.1) is 0 Å². The molecule has 26 heavy (non-hydrogen) atoms. The molecule has 0 fully saturated rings. The lowest BCUT2D eigenvalue weighted by atomic mass is 10.2. The lowest BCUT2D eigenvalue weighted by Crippen LogP contribution is -2.31. The number of halogens is 1. The first-order valence-electron chi connectivity index (χ1n) is 8.32. The fourth-order valence-corrected chi connectivity index (χ4v) is 2.61. The second-order valence-corrected chi connectivity index (χ2v) is 6.43. The van der Waals surface area contributed by atoms with Crippen LogP contribution in [0.15, 0.2) is 60.8 Å². The Balaban J connectivity index is 1.64. The van der Waals surface area contributed by atoms with Gasteiger partial charge in [0.25, 0.3) is 5.91 Å². The van der Waals surface area contributed by atoms with Crippen LogP contribution < -0.4 is 10.1 Å². The minimum absolute atomic E-state index is 0.243. The van der Waals surface area contributed by atoms with Crippen LogP contribution in [0, 0.1) is 6.92 Å². The monoisotopic (exact) mass is 369 g/mol. The third-order valence-corrected chi connectivity index (χ3v) is 4.38. The van der Waals surface area contributed by atoms with E-state index >= 15 is 0 Å².